The van der Waals surface area contributed by atoms with Gasteiger partial charge in [0.15, 0.2) is 0 Å². The fraction of sp³-hybridized carbons (Fsp3) is 0.667. The average molecular weight is 309 g/mol. The molecule has 1 fully saturated rings. The molecule has 0 saturated carbocycles. The third-order valence-corrected chi connectivity index (χ3v) is 5.13. The van der Waals surface area contributed by atoms with Crippen molar-refractivity contribution in [3.8, 4) is 0 Å². The largest absolute Gasteiger partial charge is 0.365 e. The van der Waals surface area contributed by atoms with E-state index in [0.29, 0.717) is 18.0 Å². The standard InChI is InChI=1S/C18H29ClN2/c1-12(2)16-10-20-17(18(4,5)6)11-21(16)15-9-7-8-14(19)13(15)3/h7-9,12,16-17,20H,10-11H2,1-6H3. The van der Waals surface area contributed by atoms with Crippen LogP contribution >= 0.6 is 11.6 Å². The third-order valence-electron chi connectivity index (χ3n) is 4.72. The summed E-state index contributed by atoms with van der Waals surface area (Å²) < 4.78 is 0. The highest BCUT2D eigenvalue weighted by Gasteiger charge is 2.35. The predicted octanol–water partition coefficient (Wildman–Crippen LogP) is 4.50. The summed E-state index contributed by atoms with van der Waals surface area (Å²) >= 11 is 6.34. The van der Waals surface area contributed by atoms with Crippen LogP contribution in [0.25, 0.3) is 0 Å². The molecule has 2 atom stereocenters. The summed E-state index contributed by atoms with van der Waals surface area (Å²) in [6, 6.07) is 7.26. The van der Waals surface area contributed by atoms with Crippen molar-refractivity contribution in [3.63, 3.8) is 0 Å². The number of hydrogen-bond donors (Lipinski definition) is 1. The molecule has 1 heterocycles. The summed E-state index contributed by atoms with van der Waals surface area (Å²) in [5.74, 6) is 0.608. The first-order chi connectivity index (χ1) is 9.71. The molecule has 0 radical (unpaired) electrons. The molecule has 1 aromatic carbocycles. The highest BCUT2D eigenvalue weighted by molar-refractivity contribution is 6.31. The molecule has 0 spiro atoms. The number of hydrogen-bond acceptors (Lipinski definition) is 2. The maximum atomic E-state index is 6.34. The van der Waals surface area contributed by atoms with Crippen LogP contribution in [0.5, 0.6) is 0 Å². The van der Waals surface area contributed by atoms with E-state index in [-0.39, 0.29) is 5.41 Å². The van der Waals surface area contributed by atoms with Crippen LogP contribution in [0, 0.1) is 18.3 Å². The van der Waals surface area contributed by atoms with Gasteiger partial charge in [0.05, 0.1) is 0 Å². The van der Waals surface area contributed by atoms with Crippen molar-refractivity contribution >= 4 is 17.3 Å². The van der Waals surface area contributed by atoms with Crippen LogP contribution in [-0.2, 0) is 0 Å². The molecule has 2 unspecified atom stereocenters. The molecular formula is C18H29ClN2. The van der Waals surface area contributed by atoms with Gasteiger partial charge in [0.25, 0.3) is 0 Å². The zero-order valence-corrected chi connectivity index (χ0v) is 15.0. The van der Waals surface area contributed by atoms with Gasteiger partial charge in [0.2, 0.25) is 0 Å². The second-order valence-corrected chi connectivity index (χ2v) is 8.08. The lowest BCUT2D eigenvalue weighted by molar-refractivity contribution is 0.220. The number of piperazine rings is 1. The fourth-order valence-corrected chi connectivity index (χ4v) is 3.30. The topological polar surface area (TPSA) is 15.3 Å². The number of halogens is 1. The van der Waals surface area contributed by atoms with Gasteiger partial charge < -0.3 is 10.2 Å². The van der Waals surface area contributed by atoms with Crippen molar-refractivity contribution in [1.29, 1.82) is 0 Å². The first kappa shape index (κ1) is 16.6. The summed E-state index contributed by atoms with van der Waals surface area (Å²) in [7, 11) is 0. The molecule has 2 rings (SSSR count). The molecule has 21 heavy (non-hydrogen) atoms. The lowest BCUT2D eigenvalue weighted by Gasteiger charge is -2.48. The molecule has 1 N–H and O–H groups in total. The zero-order valence-electron chi connectivity index (χ0n) is 14.2. The van der Waals surface area contributed by atoms with Gasteiger partial charge >= 0.3 is 0 Å². The lowest BCUT2D eigenvalue weighted by atomic mass is 9.83. The van der Waals surface area contributed by atoms with Crippen LogP contribution in [0.3, 0.4) is 0 Å². The van der Waals surface area contributed by atoms with Crippen LogP contribution in [-0.4, -0.2) is 25.2 Å². The van der Waals surface area contributed by atoms with Gasteiger partial charge in [-0.1, -0.05) is 52.3 Å². The minimum absolute atomic E-state index is 0.257. The smallest absolute Gasteiger partial charge is 0.0455 e. The Labute approximate surface area is 134 Å². The first-order valence-corrected chi connectivity index (χ1v) is 8.34. The lowest BCUT2D eigenvalue weighted by Crippen LogP contribution is -2.62. The molecule has 1 aliphatic heterocycles. The van der Waals surface area contributed by atoms with Gasteiger partial charge in [-0.3, -0.25) is 0 Å². The van der Waals surface area contributed by atoms with Gasteiger partial charge in [-0.05, 0) is 36.0 Å². The van der Waals surface area contributed by atoms with E-state index in [9.17, 15) is 0 Å². The number of nitrogens with zero attached hydrogens (tertiary/aromatic N) is 1. The molecular weight excluding hydrogens is 280 g/mol. The Hall–Kier alpha value is -0.730. The number of benzene rings is 1. The molecule has 1 saturated heterocycles. The quantitative estimate of drug-likeness (QED) is 0.865. The Morgan fingerprint density at radius 2 is 1.95 bits per heavy atom. The molecule has 2 nitrogen and oxygen atoms in total. The molecule has 0 bridgehead atoms. The van der Waals surface area contributed by atoms with Crippen LogP contribution in [0.2, 0.25) is 5.02 Å². The molecule has 1 aliphatic rings. The minimum Gasteiger partial charge on any atom is -0.365 e. The molecule has 0 aromatic heterocycles. The van der Waals surface area contributed by atoms with E-state index in [1.165, 1.54) is 11.3 Å². The van der Waals surface area contributed by atoms with Gasteiger partial charge in [0.1, 0.15) is 0 Å². The Morgan fingerprint density at radius 3 is 2.52 bits per heavy atom. The van der Waals surface area contributed by atoms with Crippen molar-refractivity contribution in [1.82, 2.24) is 5.32 Å². The van der Waals surface area contributed by atoms with E-state index in [1.54, 1.807) is 0 Å². The highest BCUT2D eigenvalue weighted by atomic mass is 35.5. The van der Waals surface area contributed by atoms with Crippen molar-refractivity contribution in [2.75, 3.05) is 18.0 Å². The summed E-state index contributed by atoms with van der Waals surface area (Å²) in [6.45, 7) is 15.7. The normalized spacial score (nSPS) is 23.7. The average Bonchev–Trinajstić information content (AvgIpc) is 2.40. The van der Waals surface area contributed by atoms with E-state index in [4.69, 9.17) is 11.6 Å². The van der Waals surface area contributed by atoms with Crippen molar-refractivity contribution in [3.05, 3.63) is 28.8 Å². The number of anilines is 1. The molecule has 3 heteroatoms. The van der Waals surface area contributed by atoms with E-state index in [1.807, 2.05) is 6.07 Å². The third kappa shape index (κ3) is 3.54. The summed E-state index contributed by atoms with van der Waals surface area (Å²) in [5.41, 5.74) is 2.74. The van der Waals surface area contributed by atoms with Gasteiger partial charge in [-0.2, -0.15) is 0 Å². The van der Waals surface area contributed by atoms with Gasteiger partial charge in [-0.15, -0.1) is 0 Å². The van der Waals surface area contributed by atoms with E-state index in [2.05, 4.69) is 63.9 Å². The minimum atomic E-state index is 0.257. The van der Waals surface area contributed by atoms with Crippen LogP contribution in [0.4, 0.5) is 5.69 Å². The van der Waals surface area contributed by atoms with E-state index >= 15 is 0 Å². The number of rotatable bonds is 2. The van der Waals surface area contributed by atoms with Crippen molar-refractivity contribution in [2.24, 2.45) is 11.3 Å². The van der Waals surface area contributed by atoms with E-state index in [0.717, 1.165) is 18.1 Å². The maximum absolute atomic E-state index is 6.34. The van der Waals surface area contributed by atoms with Crippen molar-refractivity contribution in [2.45, 2.75) is 53.6 Å². The number of nitrogens with one attached hydrogen (secondary N) is 1. The van der Waals surface area contributed by atoms with Gasteiger partial charge in [0, 0.05) is 35.9 Å². The Morgan fingerprint density at radius 1 is 1.29 bits per heavy atom. The Balaban J connectivity index is 2.36. The van der Waals surface area contributed by atoms with Crippen LogP contribution in [0.1, 0.15) is 40.2 Å². The zero-order chi connectivity index (χ0) is 15.8. The van der Waals surface area contributed by atoms with Crippen LogP contribution < -0.4 is 10.2 Å². The van der Waals surface area contributed by atoms with Crippen LogP contribution in [0.15, 0.2) is 18.2 Å². The Bertz CT molecular complexity index is 490. The van der Waals surface area contributed by atoms with E-state index < -0.39 is 0 Å². The second-order valence-electron chi connectivity index (χ2n) is 7.67. The summed E-state index contributed by atoms with van der Waals surface area (Å²) in [5, 5.41) is 4.61. The second kappa shape index (κ2) is 6.18. The molecule has 0 aliphatic carbocycles. The maximum Gasteiger partial charge on any atom is 0.0455 e. The monoisotopic (exact) mass is 308 g/mol. The first-order valence-electron chi connectivity index (χ1n) is 7.97. The molecule has 1 aromatic rings. The van der Waals surface area contributed by atoms with Crippen molar-refractivity contribution < 1.29 is 0 Å². The SMILES string of the molecule is Cc1c(Cl)cccc1N1CC(C(C)(C)C)NCC1C(C)C. The molecule has 0 amide bonds. The fourth-order valence-electron chi connectivity index (χ4n) is 3.13. The predicted molar refractivity (Wildman–Crippen MR) is 93.4 cm³/mol. The Kier molecular flexibility index (Phi) is 4.89. The van der Waals surface area contributed by atoms with Gasteiger partial charge in [-0.25, -0.2) is 0 Å². The summed E-state index contributed by atoms with van der Waals surface area (Å²) in [6.07, 6.45) is 0. The highest BCUT2D eigenvalue weighted by Crippen LogP contribution is 2.33. The summed E-state index contributed by atoms with van der Waals surface area (Å²) in [4.78, 5) is 2.57. The molecule has 118 valence electrons.